The van der Waals surface area contributed by atoms with Gasteiger partial charge in [-0.15, -0.1) is 0 Å². The minimum atomic E-state index is -0.521. The zero-order chi connectivity index (χ0) is 10.9. The number of nitrogens with zero attached hydrogens (tertiary/aromatic N) is 3. The quantitative estimate of drug-likeness (QED) is 0.782. The van der Waals surface area contributed by atoms with Gasteiger partial charge in [-0.05, 0) is 32.4 Å². The molecule has 1 aliphatic rings. The van der Waals surface area contributed by atoms with Gasteiger partial charge in [-0.25, -0.2) is 0 Å². The fourth-order valence-electron chi connectivity index (χ4n) is 2.23. The lowest BCUT2D eigenvalue weighted by molar-refractivity contribution is -0.0185. The summed E-state index contributed by atoms with van der Waals surface area (Å²) in [6, 6.07) is 2.03. The number of hydrogen-bond acceptors (Lipinski definition) is 3. The standard InChI is InChI=1S/C11H19N3O/c1-11(15)5-3-6-14(9-11)8-10-4-7-13(2)12-10/h4,7,15H,3,5-6,8-9H2,1-2H3. The van der Waals surface area contributed by atoms with Gasteiger partial charge >= 0.3 is 0 Å². The number of aryl methyl sites for hydroxylation is 1. The first-order valence-electron chi connectivity index (χ1n) is 5.48. The van der Waals surface area contributed by atoms with Gasteiger partial charge in [-0.2, -0.15) is 5.10 Å². The van der Waals surface area contributed by atoms with Gasteiger partial charge in [0.05, 0.1) is 11.3 Å². The summed E-state index contributed by atoms with van der Waals surface area (Å²) < 4.78 is 1.82. The Balaban J connectivity index is 1.95. The summed E-state index contributed by atoms with van der Waals surface area (Å²) in [5.74, 6) is 0. The predicted molar refractivity (Wildman–Crippen MR) is 58.3 cm³/mol. The van der Waals surface area contributed by atoms with E-state index in [9.17, 15) is 5.11 Å². The van der Waals surface area contributed by atoms with Crippen molar-refractivity contribution in [3.63, 3.8) is 0 Å². The summed E-state index contributed by atoms with van der Waals surface area (Å²) in [5.41, 5.74) is 0.558. The van der Waals surface area contributed by atoms with Crippen LogP contribution in [0.3, 0.4) is 0 Å². The molecule has 1 N–H and O–H groups in total. The molecular formula is C11H19N3O. The molecule has 15 heavy (non-hydrogen) atoms. The van der Waals surface area contributed by atoms with E-state index in [0.717, 1.165) is 38.2 Å². The third-order valence-electron chi connectivity index (χ3n) is 2.91. The molecule has 0 radical (unpaired) electrons. The van der Waals surface area contributed by atoms with Crippen LogP contribution in [0.25, 0.3) is 0 Å². The second-order valence-electron chi connectivity index (χ2n) is 4.79. The zero-order valence-corrected chi connectivity index (χ0v) is 9.48. The molecule has 4 heteroatoms. The molecule has 0 aromatic carbocycles. The van der Waals surface area contributed by atoms with E-state index < -0.39 is 5.60 Å². The third kappa shape index (κ3) is 2.79. The summed E-state index contributed by atoms with van der Waals surface area (Å²) in [5, 5.41) is 14.3. The Labute approximate surface area is 90.5 Å². The van der Waals surface area contributed by atoms with E-state index in [1.165, 1.54) is 0 Å². The van der Waals surface area contributed by atoms with Gasteiger partial charge in [0, 0.05) is 26.3 Å². The second kappa shape index (κ2) is 3.94. The predicted octanol–water partition coefficient (Wildman–Crippen LogP) is 0.767. The maximum Gasteiger partial charge on any atom is 0.0764 e. The summed E-state index contributed by atoms with van der Waals surface area (Å²) in [6.07, 6.45) is 3.93. The fraction of sp³-hybridized carbons (Fsp3) is 0.727. The molecular weight excluding hydrogens is 190 g/mol. The van der Waals surface area contributed by atoms with Gasteiger partial charge in [-0.1, -0.05) is 0 Å². The molecule has 2 rings (SSSR count). The maximum atomic E-state index is 9.96. The molecule has 0 spiro atoms. The molecule has 0 saturated carbocycles. The summed E-state index contributed by atoms with van der Waals surface area (Å²) in [4.78, 5) is 2.27. The van der Waals surface area contributed by atoms with Gasteiger partial charge in [0.25, 0.3) is 0 Å². The Bertz CT molecular complexity index is 332. The first kappa shape index (κ1) is 10.6. The number of aromatic nitrogens is 2. The summed E-state index contributed by atoms with van der Waals surface area (Å²) in [7, 11) is 1.93. The molecule has 4 nitrogen and oxygen atoms in total. The van der Waals surface area contributed by atoms with Crippen molar-refractivity contribution >= 4 is 0 Å². The minimum absolute atomic E-state index is 0.521. The highest BCUT2D eigenvalue weighted by atomic mass is 16.3. The van der Waals surface area contributed by atoms with Crippen LogP contribution in [0.2, 0.25) is 0 Å². The molecule has 1 aromatic rings. The number of rotatable bonds is 2. The number of β-amino-alcohol motifs (C(OH)–C–C–N with tert-alkyl or cyclic N) is 1. The topological polar surface area (TPSA) is 41.3 Å². The maximum absolute atomic E-state index is 9.96. The van der Waals surface area contributed by atoms with Crippen molar-refractivity contribution in [3.05, 3.63) is 18.0 Å². The van der Waals surface area contributed by atoms with Gasteiger partial charge in [0.2, 0.25) is 0 Å². The molecule has 1 unspecified atom stereocenters. The number of likely N-dealkylation sites (tertiary alicyclic amines) is 1. The van der Waals surface area contributed by atoms with E-state index >= 15 is 0 Å². The molecule has 1 aromatic heterocycles. The van der Waals surface area contributed by atoms with E-state index in [-0.39, 0.29) is 0 Å². The van der Waals surface area contributed by atoms with Gasteiger partial charge < -0.3 is 5.11 Å². The highest BCUT2D eigenvalue weighted by molar-refractivity contribution is 4.99. The lowest BCUT2D eigenvalue weighted by Gasteiger charge is -2.36. The smallest absolute Gasteiger partial charge is 0.0764 e. The molecule has 0 aliphatic carbocycles. The van der Waals surface area contributed by atoms with Crippen LogP contribution in [0.4, 0.5) is 0 Å². The van der Waals surface area contributed by atoms with Crippen LogP contribution in [-0.4, -0.2) is 38.5 Å². The lowest BCUT2D eigenvalue weighted by atomic mass is 9.95. The number of piperidine rings is 1. The third-order valence-corrected chi connectivity index (χ3v) is 2.91. The van der Waals surface area contributed by atoms with E-state index in [2.05, 4.69) is 10.00 Å². The minimum Gasteiger partial charge on any atom is -0.389 e. The normalized spacial score (nSPS) is 28.2. The van der Waals surface area contributed by atoms with Crippen molar-refractivity contribution in [3.8, 4) is 0 Å². The Morgan fingerprint density at radius 1 is 1.60 bits per heavy atom. The van der Waals surface area contributed by atoms with Crippen LogP contribution in [0.5, 0.6) is 0 Å². The number of aliphatic hydroxyl groups is 1. The molecule has 1 saturated heterocycles. The van der Waals surface area contributed by atoms with Crippen molar-refractivity contribution in [2.45, 2.75) is 31.9 Å². The van der Waals surface area contributed by atoms with E-state index in [1.54, 1.807) is 0 Å². The Morgan fingerprint density at radius 2 is 2.40 bits per heavy atom. The zero-order valence-electron chi connectivity index (χ0n) is 9.48. The second-order valence-corrected chi connectivity index (χ2v) is 4.79. The van der Waals surface area contributed by atoms with Crippen LogP contribution >= 0.6 is 0 Å². The summed E-state index contributed by atoms with van der Waals surface area (Å²) in [6.45, 7) is 4.57. The Hall–Kier alpha value is -0.870. The molecule has 1 atom stereocenters. The number of hydrogen-bond donors (Lipinski definition) is 1. The van der Waals surface area contributed by atoms with Crippen LogP contribution in [0, 0.1) is 0 Å². The van der Waals surface area contributed by atoms with Gasteiger partial charge in [-0.3, -0.25) is 9.58 Å². The fourth-order valence-corrected chi connectivity index (χ4v) is 2.23. The molecule has 1 aliphatic heterocycles. The highest BCUT2D eigenvalue weighted by Gasteiger charge is 2.28. The van der Waals surface area contributed by atoms with Gasteiger partial charge in [0.1, 0.15) is 0 Å². The molecule has 0 bridgehead atoms. The molecule has 0 amide bonds. The van der Waals surface area contributed by atoms with E-state index in [1.807, 2.05) is 30.9 Å². The summed E-state index contributed by atoms with van der Waals surface area (Å²) >= 11 is 0. The van der Waals surface area contributed by atoms with E-state index in [0.29, 0.717) is 0 Å². The first-order chi connectivity index (χ1) is 7.05. The van der Waals surface area contributed by atoms with E-state index in [4.69, 9.17) is 0 Å². The van der Waals surface area contributed by atoms with Gasteiger partial charge in [0.15, 0.2) is 0 Å². The SMILES string of the molecule is Cn1ccc(CN2CCCC(C)(O)C2)n1. The van der Waals surface area contributed by atoms with Crippen molar-refractivity contribution < 1.29 is 5.11 Å². The molecule has 1 fully saturated rings. The van der Waals surface area contributed by atoms with Crippen molar-refractivity contribution in [1.82, 2.24) is 14.7 Å². The van der Waals surface area contributed by atoms with Crippen molar-refractivity contribution in [2.75, 3.05) is 13.1 Å². The average Bonchev–Trinajstić information content (AvgIpc) is 2.49. The average molecular weight is 209 g/mol. The van der Waals surface area contributed by atoms with Crippen LogP contribution in [0.1, 0.15) is 25.5 Å². The van der Waals surface area contributed by atoms with Crippen molar-refractivity contribution in [2.24, 2.45) is 7.05 Å². The lowest BCUT2D eigenvalue weighted by Crippen LogP contribution is -2.45. The van der Waals surface area contributed by atoms with Crippen LogP contribution in [-0.2, 0) is 13.6 Å². The van der Waals surface area contributed by atoms with Crippen molar-refractivity contribution in [1.29, 1.82) is 0 Å². The largest absolute Gasteiger partial charge is 0.389 e. The first-order valence-corrected chi connectivity index (χ1v) is 5.48. The molecule has 84 valence electrons. The Morgan fingerprint density at radius 3 is 3.00 bits per heavy atom. The highest BCUT2D eigenvalue weighted by Crippen LogP contribution is 2.21. The van der Waals surface area contributed by atoms with Crippen LogP contribution < -0.4 is 0 Å². The monoisotopic (exact) mass is 209 g/mol. The Kier molecular flexibility index (Phi) is 2.80. The molecule has 2 heterocycles. The van der Waals surface area contributed by atoms with Crippen LogP contribution in [0.15, 0.2) is 12.3 Å².